The van der Waals surface area contributed by atoms with E-state index >= 15 is 0 Å². The van der Waals surface area contributed by atoms with Gasteiger partial charge in [-0.15, -0.1) is 0 Å². The molecule has 4 atom stereocenters. The highest BCUT2D eigenvalue weighted by Crippen LogP contribution is 2.38. The molecule has 8 heteroatoms. The van der Waals surface area contributed by atoms with Crippen molar-refractivity contribution in [2.45, 2.75) is 31.1 Å². The van der Waals surface area contributed by atoms with Crippen LogP contribution < -0.4 is 5.73 Å². The van der Waals surface area contributed by atoms with Crippen LogP contribution in [-0.4, -0.2) is 53.7 Å². The minimum absolute atomic E-state index is 0.0129. The number of aliphatic hydroxyl groups is 3. The second kappa shape index (κ2) is 4.97. The number of anilines is 1. The van der Waals surface area contributed by atoms with Crippen molar-refractivity contribution in [3.63, 3.8) is 0 Å². The highest BCUT2D eigenvalue weighted by atomic mass is 16.3. The number of hydrogen-bond donors (Lipinski definition) is 4. The van der Waals surface area contributed by atoms with Crippen LogP contribution >= 0.6 is 0 Å². The lowest BCUT2D eigenvalue weighted by molar-refractivity contribution is 0.00275. The number of aromatic nitrogens is 4. The Morgan fingerprint density at radius 2 is 2.05 bits per heavy atom. The van der Waals surface area contributed by atoms with Crippen LogP contribution in [0.4, 0.5) is 5.82 Å². The minimum atomic E-state index is -0.917. The lowest BCUT2D eigenvalue weighted by Crippen LogP contribution is -2.29. The molecular formula is C12H17N5O3. The van der Waals surface area contributed by atoms with E-state index in [1.165, 1.54) is 6.33 Å². The zero-order valence-electron chi connectivity index (χ0n) is 10.8. The van der Waals surface area contributed by atoms with E-state index in [0.717, 1.165) is 0 Å². The van der Waals surface area contributed by atoms with E-state index in [2.05, 4.69) is 15.0 Å². The normalized spacial score (nSPS) is 30.1. The molecule has 20 heavy (non-hydrogen) atoms. The van der Waals surface area contributed by atoms with Gasteiger partial charge >= 0.3 is 0 Å². The fraction of sp³-hybridized carbons (Fsp3) is 0.583. The van der Waals surface area contributed by atoms with Crippen molar-refractivity contribution < 1.29 is 15.3 Å². The van der Waals surface area contributed by atoms with Gasteiger partial charge in [0.15, 0.2) is 11.5 Å². The van der Waals surface area contributed by atoms with Gasteiger partial charge in [-0.1, -0.05) is 0 Å². The van der Waals surface area contributed by atoms with Crippen molar-refractivity contribution >= 4 is 17.0 Å². The van der Waals surface area contributed by atoms with Crippen molar-refractivity contribution in [2.24, 2.45) is 5.92 Å². The first-order chi connectivity index (χ1) is 9.63. The van der Waals surface area contributed by atoms with Crippen LogP contribution in [0.2, 0.25) is 0 Å². The van der Waals surface area contributed by atoms with Gasteiger partial charge in [-0.25, -0.2) is 15.0 Å². The first kappa shape index (κ1) is 13.2. The third-order valence-corrected chi connectivity index (χ3v) is 4.02. The second-order valence-electron chi connectivity index (χ2n) is 5.14. The number of aliphatic hydroxyl groups excluding tert-OH is 3. The molecular weight excluding hydrogens is 262 g/mol. The Hall–Kier alpha value is -1.77. The molecule has 1 aliphatic rings. The molecule has 2 aromatic heterocycles. The smallest absolute Gasteiger partial charge is 0.165 e. The summed E-state index contributed by atoms with van der Waals surface area (Å²) >= 11 is 0. The number of nitrogen functional groups attached to an aromatic ring is 1. The van der Waals surface area contributed by atoms with E-state index in [0.29, 0.717) is 24.0 Å². The summed E-state index contributed by atoms with van der Waals surface area (Å²) in [5.41, 5.74) is 6.76. The standard InChI is InChI=1S/C12H17N5O3/c13-11-8-12(15-4-14-11)17(5-16-8)7-3-6(1-2-18)9(19)10(7)20/h4-7,9-10,18-20H,1-3H2,(H2,13,14,15)/t6-,7+,9+,10-/m1/s1. The summed E-state index contributed by atoms with van der Waals surface area (Å²) in [4.78, 5) is 12.2. The summed E-state index contributed by atoms with van der Waals surface area (Å²) in [6.45, 7) is -0.0129. The van der Waals surface area contributed by atoms with Crippen molar-refractivity contribution in [2.75, 3.05) is 12.3 Å². The van der Waals surface area contributed by atoms with Gasteiger partial charge in [-0.05, 0) is 18.8 Å². The van der Waals surface area contributed by atoms with Crippen LogP contribution in [0.5, 0.6) is 0 Å². The predicted octanol–water partition coefficient (Wildman–Crippen LogP) is -0.926. The molecule has 1 aliphatic carbocycles. The lowest BCUT2D eigenvalue weighted by Gasteiger charge is -2.18. The predicted molar refractivity (Wildman–Crippen MR) is 70.6 cm³/mol. The van der Waals surface area contributed by atoms with Crippen molar-refractivity contribution in [1.29, 1.82) is 0 Å². The van der Waals surface area contributed by atoms with Crippen molar-refractivity contribution in [3.05, 3.63) is 12.7 Å². The molecule has 108 valence electrons. The largest absolute Gasteiger partial charge is 0.396 e. The average molecular weight is 279 g/mol. The van der Waals surface area contributed by atoms with Gasteiger partial charge < -0.3 is 25.6 Å². The Labute approximate surface area is 114 Å². The Morgan fingerprint density at radius 1 is 1.25 bits per heavy atom. The fourth-order valence-electron chi connectivity index (χ4n) is 2.94. The molecule has 8 nitrogen and oxygen atoms in total. The van der Waals surface area contributed by atoms with Gasteiger partial charge in [0.2, 0.25) is 0 Å². The van der Waals surface area contributed by atoms with Crippen LogP contribution in [-0.2, 0) is 0 Å². The molecule has 1 fully saturated rings. The van der Waals surface area contributed by atoms with Gasteiger partial charge in [0, 0.05) is 6.61 Å². The maximum Gasteiger partial charge on any atom is 0.165 e. The monoisotopic (exact) mass is 279 g/mol. The zero-order chi connectivity index (χ0) is 14.3. The third-order valence-electron chi connectivity index (χ3n) is 4.02. The summed E-state index contributed by atoms with van der Waals surface area (Å²) in [5, 5.41) is 29.2. The topological polar surface area (TPSA) is 130 Å². The van der Waals surface area contributed by atoms with E-state index < -0.39 is 12.2 Å². The van der Waals surface area contributed by atoms with Gasteiger partial charge in [-0.3, -0.25) is 0 Å². The molecule has 0 spiro atoms. The lowest BCUT2D eigenvalue weighted by atomic mass is 10.0. The second-order valence-corrected chi connectivity index (χ2v) is 5.14. The third kappa shape index (κ3) is 1.92. The Balaban J connectivity index is 1.97. The Kier molecular flexibility index (Phi) is 3.28. The fourth-order valence-corrected chi connectivity index (χ4v) is 2.94. The maximum atomic E-state index is 10.2. The quantitative estimate of drug-likeness (QED) is 0.571. The van der Waals surface area contributed by atoms with E-state index in [1.54, 1.807) is 10.9 Å². The van der Waals surface area contributed by atoms with Gasteiger partial charge in [0.05, 0.1) is 18.5 Å². The highest BCUT2D eigenvalue weighted by molar-refractivity contribution is 5.81. The molecule has 0 aromatic carbocycles. The molecule has 5 N–H and O–H groups in total. The Morgan fingerprint density at radius 3 is 2.80 bits per heavy atom. The van der Waals surface area contributed by atoms with Gasteiger partial charge in [0.25, 0.3) is 0 Å². The van der Waals surface area contributed by atoms with E-state index in [-0.39, 0.29) is 24.4 Å². The number of fused-ring (bicyclic) bond motifs is 1. The summed E-state index contributed by atoms with van der Waals surface area (Å²) < 4.78 is 1.72. The van der Waals surface area contributed by atoms with E-state index in [9.17, 15) is 10.2 Å². The van der Waals surface area contributed by atoms with Crippen molar-refractivity contribution in [3.8, 4) is 0 Å². The molecule has 0 amide bonds. The minimum Gasteiger partial charge on any atom is -0.396 e. The first-order valence-corrected chi connectivity index (χ1v) is 6.53. The molecule has 2 aromatic rings. The zero-order valence-corrected chi connectivity index (χ0v) is 10.8. The highest BCUT2D eigenvalue weighted by Gasteiger charge is 2.42. The molecule has 0 aliphatic heterocycles. The number of hydrogen-bond acceptors (Lipinski definition) is 7. The number of nitrogens with zero attached hydrogens (tertiary/aromatic N) is 4. The summed E-state index contributed by atoms with van der Waals surface area (Å²) in [6.07, 6.45) is 2.14. The molecule has 0 bridgehead atoms. The van der Waals surface area contributed by atoms with Crippen LogP contribution in [0.15, 0.2) is 12.7 Å². The summed E-state index contributed by atoms with van der Waals surface area (Å²) in [5.74, 6) is 0.144. The molecule has 1 saturated carbocycles. The Bertz CT molecular complexity index is 616. The van der Waals surface area contributed by atoms with Crippen LogP contribution in [0.1, 0.15) is 18.9 Å². The molecule has 0 radical (unpaired) electrons. The van der Waals surface area contributed by atoms with Gasteiger partial charge in [0.1, 0.15) is 17.9 Å². The van der Waals surface area contributed by atoms with E-state index in [1.807, 2.05) is 0 Å². The molecule has 0 saturated heterocycles. The first-order valence-electron chi connectivity index (χ1n) is 6.53. The van der Waals surface area contributed by atoms with Crippen LogP contribution in [0, 0.1) is 5.92 Å². The molecule has 0 unspecified atom stereocenters. The molecule has 2 heterocycles. The van der Waals surface area contributed by atoms with E-state index in [4.69, 9.17) is 10.8 Å². The number of nitrogens with two attached hydrogens (primary N) is 1. The molecule has 3 rings (SSSR count). The van der Waals surface area contributed by atoms with Gasteiger partial charge in [-0.2, -0.15) is 0 Å². The summed E-state index contributed by atoms with van der Waals surface area (Å²) in [6, 6.07) is -0.333. The number of imidazole rings is 1. The SMILES string of the molecule is Nc1ncnc2c1ncn2[C@H]1C[C@@H](CCO)[C@H](O)[C@@H]1O. The maximum absolute atomic E-state index is 10.2. The van der Waals surface area contributed by atoms with Crippen LogP contribution in [0.3, 0.4) is 0 Å². The van der Waals surface area contributed by atoms with Crippen molar-refractivity contribution in [1.82, 2.24) is 19.5 Å². The van der Waals surface area contributed by atoms with Crippen LogP contribution in [0.25, 0.3) is 11.2 Å². The number of rotatable bonds is 3. The average Bonchev–Trinajstić information content (AvgIpc) is 2.97. The summed E-state index contributed by atoms with van der Waals surface area (Å²) in [7, 11) is 0.